The zero-order valence-electron chi connectivity index (χ0n) is 8.98. The van der Waals surface area contributed by atoms with E-state index in [1.807, 2.05) is 6.08 Å². The molecular formula is C12H22. The summed E-state index contributed by atoms with van der Waals surface area (Å²) in [6, 6.07) is 0. The number of hydrogen-bond acceptors (Lipinski definition) is 0. The zero-order valence-corrected chi connectivity index (χ0v) is 8.98. The van der Waals surface area contributed by atoms with Crippen LogP contribution in [0.15, 0.2) is 24.3 Å². The molecule has 0 aliphatic carbocycles. The first-order valence-corrected chi connectivity index (χ1v) is 4.76. The fourth-order valence-electron chi connectivity index (χ4n) is 0.887. The van der Waals surface area contributed by atoms with Gasteiger partial charge in [0.05, 0.1) is 0 Å². The Balaban J connectivity index is 3.77. The summed E-state index contributed by atoms with van der Waals surface area (Å²) in [4.78, 5) is 0. The summed E-state index contributed by atoms with van der Waals surface area (Å²) in [6.07, 6.45) is 7.89. The summed E-state index contributed by atoms with van der Waals surface area (Å²) in [5.41, 5.74) is 1.83. The van der Waals surface area contributed by atoms with E-state index < -0.39 is 0 Å². The van der Waals surface area contributed by atoms with E-state index in [2.05, 4.69) is 40.3 Å². The Kier molecular flexibility index (Phi) is 4.96. The Hall–Kier alpha value is -0.520. The molecule has 0 atom stereocenters. The minimum Gasteiger partial charge on any atom is -0.103 e. The molecule has 0 saturated heterocycles. The molecule has 0 radical (unpaired) electrons. The quantitative estimate of drug-likeness (QED) is 0.430. The van der Waals surface area contributed by atoms with Crippen LogP contribution in [0, 0.1) is 5.41 Å². The van der Waals surface area contributed by atoms with Gasteiger partial charge in [-0.1, -0.05) is 38.5 Å². The molecule has 0 amide bonds. The topological polar surface area (TPSA) is 0 Å². The molecule has 0 saturated carbocycles. The molecular weight excluding hydrogens is 144 g/mol. The second kappa shape index (κ2) is 5.18. The van der Waals surface area contributed by atoms with Gasteiger partial charge in [-0.15, -0.1) is 6.58 Å². The van der Waals surface area contributed by atoms with E-state index in [-0.39, 0.29) is 0 Å². The summed E-state index contributed by atoms with van der Waals surface area (Å²) in [5, 5.41) is 0. The number of rotatable bonds is 4. The summed E-state index contributed by atoms with van der Waals surface area (Å²) in [7, 11) is 0. The fourth-order valence-corrected chi connectivity index (χ4v) is 0.887. The minimum absolute atomic E-state index is 0.341. The molecule has 0 unspecified atom stereocenters. The smallest absolute Gasteiger partial charge is 0.0176 e. The Morgan fingerprint density at radius 3 is 2.25 bits per heavy atom. The first-order chi connectivity index (χ1) is 5.48. The van der Waals surface area contributed by atoms with Crippen LogP contribution in [0.25, 0.3) is 0 Å². The van der Waals surface area contributed by atoms with Crippen molar-refractivity contribution in [2.24, 2.45) is 5.41 Å². The Labute approximate surface area is 77.4 Å². The van der Waals surface area contributed by atoms with Crippen molar-refractivity contribution in [3.8, 4) is 0 Å². The third-order valence-corrected chi connectivity index (χ3v) is 2.25. The lowest BCUT2D eigenvalue weighted by Crippen LogP contribution is -2.06. The Morgan fingerprint density at radius 2 is 1.83 bits per heavy atom. The summed E-state index contributed by atoms with van der Waals surface area (Å²) < 4.78 is 0. The normalized spacial score (nSPS) is 13.2. The van der Waals surface area contributed by atoms with E-state index in [1.54, 1.807) is 0 Å². The van der Waals surface area contributed by atoms with Gasteiger partial charge in [0.1, 0.15) is 0 Å². The van der Waals surface area contributed by atoms with Crippen LogP contribution in [0.4, 0.5) is 0 Å². The predicted octanol–water partition coefficient (Wildman–Crippen LogP) is 4.34. The van der Waals surface area contributed by atoms with E-state index in [4.69, 9.17) is 0 Å². The molecule has 0 aromatic carbocycles. The van der Waals surface area contributed by atoms with Crippen LogP contribution in [0.5, 0.6) is 0 Å². The highest BCUT2D eigenvalue weighted by atomic mass is 14.2. The zero-order chi connectivity index (χ0) is 9.61. The molecule has 0 aliphatic heterocycles. The SMILES string of the molecule is C=CCCCC=C(C)C(C)(C)C. The molecule has 12 heavy (non-hydrogen) atoms. The molecule has 0 aromatic rings. The molecule has 0 N–H and O–H groups in total. The van der Waals surface area contributed by atoms with Gasteiger partial charge < -0.3 is 0 Å². The van der Waals surface area contributed by atoms with Crippen molar-refractivity contribution in [3.63, 3.8) is 0 Å². The van der Waals surface area contributed by atoms with Crippen LogP contribution in [0.3, 0.4) is 0 Å². The summed E-state index contributed by atoms with van der Waals surface area (Å²) in [5.74, 6) is 0. The molecule has 0 aromatic heterocycles. The predicted molar refractivity (Wildman–Crippen MR) is 57.3 cm³/mol. The standard InChI is InChI=1S/C12H22/c1-6-7-8-9-10-11(2)12(3,4)5/h6,10H,1,7-9H2,2-5H3. The van der Waals surface area contributed by atoms with Crippen LogP contribution in [0.1, 0.15) is 47.0 Å². The Morgan fingerprint density at radius 1 is 1.25 bits per heavy atom. The highest BCUT2D eigenvalue weighted by molar-refractivity contribution is 5.07. The fraction of sp³-hybridized carbons (Fsp3) is 0.667. The van der Waals surface area contributed by atoms with Gasteiger partial charge in [-0.25, -0.2) is 0 Å². The van der Waals surface area contributed by atoms with E-state index in [0.717, 1.165) is 6.42 Å². The lowest BCUT2D eigenvalue weighted by molar-refractivity contribution is 0.501. The average Bonchev–Trinajstić information content (AvgIpc) is 1.96. The van der Waals surface area contributed by atoms with Gasteiger partial charge >= 0.3 is 0 Å². The van der Waals surface area contributed by atoms with Crippen LogP contribution in [0.2, 0.25) is 0 Å². The molecule has 0 bridgehead atoms. The second-order valence-electron chi connectivity index (χ2n) is 4.36. The lowest BCUT2D eigenvalue weighted by Gasteiger charge is -2.19. The van der Waals surface area contributed by atoms with Gasteiger partial charge in [0.15, 0.2) is 0 Å². The van der Waals surface area contributed by atoms with Gasteiger partial charge in [0.25, 0.3) is 0 Å². The molecule has 0 aliphatic rings. The van der Waals surface area contributed by atoms with Crippen LogP contribution in [-0.4, -0.2) is 0 Å². The van der Waals surface area contributed by atoms with Crippen molar-refractivity contribution < 1.29 is 0 Å². The van der Waals surface area contributed by atoms with Gasteiger partial charge in [-0.2, -0.15) is 0 Å². The van der Waals surface area contributed by atoms with Gasteiger partial charge in [0.2, 0.25) is 0 Å². The molecule has 0 fully saturated rings. The molecule has 0 heterocycles. The van der Waals surface area contributed by atoms with Crippen LogP contribution in [-0.2, 0) is 0 Å². The van der Waals surface area contributed by atoms with Gasteiger partial charge in [-0.05, 0) is 31.6 Å². The first kappa shape index (κ1) is 11.5. The average molecular weight is 166 g/mol. The summed E-state index contributed by atoms with van der Waals surface area (Å²) >= 11 is 0. The first-order valence-electron chi connectivity index (χ1n) is 4.76. The molecule has 0 heteroatoms. The minimum atomic E-state index is 0.341. The second-order valence-corrected chi connectivity index (χ2v) is 4.36. The van der Waals surface area contributed by atoms with Crippen molar-refractivity contribution in [1.29, 1.82) is 0 Å². The summed E-state index contributed by atoms with van der Waals surface area (Å²) in [6.45, 7) is 12.7. The largest absolute Gasteiger partial charge is 0.103 e. The van der Waals surface area contributed by atoms with Crippen molar-refractivity contribution in [2.75, 3.05) is 0 Å². The van der Waals surface area contributed by atoms with Crippen LogP contribution >= 0.6 is 0 Å². The maximum Gasteiger partial charge on any atom is -0.0176 e. The van der Waals surface area contributed by atoms with E-state index in [1.165, 1.54) is 18.4 Å². The molecule has 0 spiro atoms. The third-order valence-electron chi connectivity index (χ3n) is 2.25. The maximum atomic E-state index is 3.71. The van der Waals surface area contributed by atoms with Crippen molar-refractivity contribution in [2.45, 2.75) is 47.0 Å². The number of hydrogen-bond donors (Lipinski definition) is 0. The highest BCUT2D eigenvalue weighted by Gasteiger charge is 2.10. The van der Waals surface area contributed by atoms with E-state index in [9.17, 15) is 0 Å². The van der Waals surface area contributed by atoms with Crippen molar-refractivity contribution >= 4 is 0 Å². The monoisotopic (exact) mass is 166 g/mol. The highest BCUT2D eigenvalue weighted by Crippen LogP contribution is 2.24. The van der Waals surface area contributed by atoms with Gasteiger partial charge in [0, 0.05) is 0 Å². The van der Waals surface area contributed by atoms with Gasteiger partial charge in [-0.3, -0.25) is 0 Å². The third kappa shape index (κ3) is 5.17. The lowest BCUT2D eigenvalue weighted by atomic mass is 9.87. The van der Waals surface area contributed by atoms with Crippen molar-refractivity contribution in [1.82, 2.24) is 0 Å². The molecule has 0 rings (SSSR count). The molecule has 0 nitrogen and oxygen atoms in total. The number of unbranched alkanes of at least 4 members (excludes halogenated alkanes) is 2. The molecule has 70 valence electrons. The van der Waals surface area contributed by atoms with Crippen LogP contribution < -0.4 is 0 Å². The van der Waals surface area contributed by atoms with Crippen molar-refractivity contribution in [3.05, 3.63) is 24.3 Å². The maximum absolute atomic E-state index is 3.71. The van der Waals surface area contributed by atoms with E-state index >= 15 is 0 Å². The van der Waals surface area contributed by atoms with E-state index in [0.29, 0.717) is 5.41 Å². The number of allylic oxidation sites excluding steroid dienone is 3. The Bertz CT molecular complexity index is 155.